The SMILES string of the molecule is CC[C@@H]1CCN[C@@H]1C(=O)OC. The first-order valence-electron chi connectivity index (χ1n) is 4.10. The third kappa shape index (κ3) is 1.71. The molecule has 11 heavy (non-hydrogen) atoms. The van der Waals surface area contributed by atoms with Crippen molar-refractivity contribution in [2.75, 3.05) is 13.7 Å². The predicted octanol–water partition coefficient (Wildman–Crippen LogP) is 0.547. The Morgan fingerprint density at radius 3 is 3.00 bits per heavy atom. The number of carbonyl (C=O) groups excluding carboxylic acids is 1. The quantitative estimate of drug-likeness (QED) is 0.595. The number of methoxy groups -OCH3 is 1. The molecule has 3 heteroatoms. The van der Waals surface area contributed by atoms with Crippen LogP contribution in [0, 0.1) is 5.92 Å². The Morgan fingerprint density at radius 1 is 1.73 bits per heavy atom. The number of rotatable bonds is 2. The van der Waals surface area contributed by atoms with Crippen molar-refractivity contribution >= 4 is 5.97 Å². The third-order valence-corrected chi connectivity index (χ3v) is 2.33. The van der Waals surface area contributed by atoms with Crippen LogP contribution in [0.1, 0.15) is 19.8 Å². The fourth-order valence-electron chi connectivity index (χ4n) is 1.60. The maximum atomic E-state index is 11.1. The second-order valence-corrected chi connectivity index (χ2v) is 2.91. The van der Waals surface area contributed by atoms with E-state index in [1.54, 1.807) is 0 Å². The van der Waals surface area contributed by atoms with Gasteiger partial charge in [0.05, 0.1) is 7.11 Å². The summed E-state index contributed by atoms with van der Waals surface area (Å²) in [6, 6.07) is -0.0509. The van der Waals surface area contributed by atoms with Gasteiger partial charge in [-0.1, -0.05) is 13.3 Å². The minimum Gasteiger partial charge on any atom is -0.468 e. The van der Waals surface area contributed by atoms with Gasteiger partial charge in [-0.15, -0.1) is 0 Å². The van der Waals surface area contributed by atoms with E-state index in [4.69, 9.17) is 0 Å². The summed E-state index contributed by atoms with van der Waals surface area (Å²) >= 11 is 0. The molecule has 0 saturated carbocycles. The zero-order valence-electron chi connectivity index (χ0n) is 7.09. The molecule has 1 heterocycles. The maximum Gasteiger partial charge on any atom is 0.323 e. The van der Waals surface area contributed by atoms with Gasteiger partial charge in [0, 0.05) is 0 Å². The minimum absolute atomic E-state index is 0.0509. The van der Waals surface area contributed by atoms with Crippen molar-refractivity contribution in [3.8, 4) is 0 Å². The lowest BCUT2D eigenvalue weighted by Gasteiger charge is -2.14. The van der Waals surface area contributed by atoms with Gasteiger partial charge in [0.15, 0.2) is 0 Å². The maximum absolute atomic E-state index is 11.1. The third-order valence-electron chi connectivity index (χ3n) is 2.33. The zero-order chi connectivity index (χ0) is 8.27. The lowest BCUT2D eigenvalue weighted by Crippen LogP contribution is -2.36. The molecule has 0 radical (unpaired) electrons. The minimum atomic E-state index is -0.116. The zero-order valence-corrected chi connectivity index (χ0v) is 7.09. The summed E-state index contributed by atoms with van der Waals surface area (Å²) < 4.78 is 4.66. The Morgan fingerprint density at radius 2 is 2.45 bits per heavy atom. The summed E-state index contributed by atoms with van der Waals surface area (Å²) in [5, 5.41) is 3.13. The molecule has 0 aromatic carbocycles. The van der Waals surface area contributed by atoms with Crippen LogP contribution in [0.4, 0.5) is 0 Å². The van der Waals surface area contributed by atoms with Crippen LogP contribution in [-0.2, 0) is 9.53 Å². The number of hydrogen-bond donors (Lipinski definition) is 1. The van der Waals surface area contributed by atoms with Crippen LogP contribution in [0.3, 0.4) is 0 Å². The Balaban J connectivity index is 2.49. The lowest BCUT2D eigenvalue weighted by atomic mass is 9.98. The van der Waals surface area contributed by atoms with E-state index >= 15 is 0 Å². The normalized spacial score (nSPS) is 30.4. The summed E-state index contributed by atoms with van der Waals surface area (Å²) in [5.41, 5.74) is 0. The smallest absolute Gasteiger partial charge is 0.323 e. The van der Waals surface area contributed by atoms with Crippen molar-refractivity contribution in [3.63, 3.8) is 0 Å². The molecule has 0 aliphatic carbocycles. The Kier molecular flexibility index (Phi) is 2.88. The number of ether oxygens (including phenoxy) is 1. The molecular weight excluding hydrogens is 142 g/mol. The number of esters is 1. The van der Waals surface area contributed by atoms with E-state index in [0.717, 1.165) is 19.4 Å². The van der Waals surface area contributed by atoms with E-state index in [0.29, 0.717) is 5.92 Å². The highest BCUT2D eigenvalue weighted by atomic mass is 16.5. The second kappa shape index (κ2) is 3.72. The van der Waals surface area contributed by atoms with Gasteiger partial charge in [-0.25, -0.2) is 0 Å². The first-order valence-corrected chi connectivity index (χ1v) is 4.10. The summed E-state index contributed by atoms with van der Waals surface area (Å²) in [6.45, 7) is 3.05. The molecule has 0 aromatic rings. The molecule has 0 spiro atoms. The average molecular weight is 157 g/mol. The van der Waals surface area contributed by atoms with Gasteiger partial charge < -0.3 is 10.1 Å². The van der Waals surface area contributed by atoms with E-state index in [9.17, 15) is 4.79 Å². The van der Waals surface area contributed by atoms with Gasteiger partial charge in [0.2, 0.25) is 0 Å². The molecule has 3 nitrogen and oxygen atoms in total. The highest BCUT2D eigenvalue weighted by Crippen LogP contribution is 2.19. The van der Waals surface area contributed by atoms with Gasteiger partial charge in [-0.05, 0) is 18.9 Å². The lowest BCUT2D eigenvalue weighted by molar-refractivity contribution is -0.143. The van der Waals surface area contributed by atoms with Crippen molar-refractivity contribution in [2.24, 2.45) is 5.92 Å². The fraction of sp³-hybridized carbons (Fsp3) is 0.875. The summed E-state index contributed by atoms with van der Waals surface area (Å²) in [6.07, 6.45) is 2.14. The van der Waals surface area contributed by atoms with E-state index < -0.39 is 0 Å². The highest BCUT2D eigenvalue weighted by Gasteiger charge is 2.31. The summed E-state index contributed by atoms with van der Waals surface area (Å²) in [5.74, 6) is 0.358. The van der Waals surface area contributed by atoms with Crippen LogP contribution in [0.2, 0.25) is 0 Å². The van der Waals surface area contributed by atoms with E-state index in [2.05, 4.69) is 17.0 Å². The summed E-state index contributed by atoms with van der Waals surface area (Å²) in [7, 11) is 1.44. The molecule has 1 aliphatic heterocycles. The number of carbonyl (C=O) groups is 1. The van der Waals surface area contributed by atoms with Crippen LogP contribution in [-0.4, -0.2) is 25.7 Å². The molecule has 1 aliphatic rings. The first-order chi connectivity index (χ1) is 5.29. The van der Waals surface area contributed by atoms with Crippen LogP contribution in [0.25, 0.3) is 0 Å². The van der Waals surface area contributed by atoms with Crippen molar-refractivity contribution < 1.29 is 9.53 Å². The standard InChI is InChI=1S/C8H15NO2/c1-3-6-4-5-9-7(6)8(10)11-2/h6-7,9H,3-5H2,1-2H3/t6-,7+/m1/s1. The van der Waals surface area contributed by atoms with Crippen molar-refractivity contribution in [3.05, 3.63) is 0 Å². The van der Waals surface area contributed by atoms with Crippen molar-refractivity contribution in [1.29, 1.82) is 0 Å². The molecule has 2 atom stereocenters. The predicted molar refractivity (Wildman–Crippen MR) is 42.2 cm³/mol. The molecule has 1 saturated heterocycles. The van der Waals surface area contributed by atoms with E-state index in [-0.39, 0.29) is 12.0 Å². The Hall–Kier alpha value is -0.570. The molecule has 0 aromatic heterocycles. The molecular formula is C8H15NO2. The van der Waals surface area contributed by atoms with Crippen LogP contribution < -0.4 is 5.32 Å². The summed E-state index contributed by atoms with van der Waals surface area (Å²) in [4.78, 5) is 11.1. The van der Waals surface area contributed by atoms with Gasteiger partial charge in [0.1, 0.15) is 6.04 Å². The van der Waals surface area contributed by atoms with E-state index in [1.165, 1.54) is 7.11 Å². The van der Waals surface area contributed by atoms with E-state index in [1.807, 2.05) is 0 Å². The van der Waals surface area contributed by atoms with Crippen LogP contribution in [0.15, 0.2) is 0 Å². The topological polar surface area (TPSA) is 38.3 Å². The van der Waals surface area contributed by atoms with Gasteiger partial charge >= 0.3 is 5.97 Å². The monoisotopic (exact) mass is 157 g/mol. The highest BCUT2D eigenvalue weighted by molar-refractivity contribution is 5.76. The Labute approximate surface area is 67.1 Å². The van der Waals surface area contributed by atoms with Gasteiger partial charge in [-0.3, -0.25) is 4.79 Å². The number of hydrogen-bond acceptors (Lipinski definition) is 3. The number of nitrogens with one attached hydrogen (secondary N) is 1. The van der Waals surface area contributed by atoms with Crippen LogP contribution in [0.5, 0.6) is 0 Å². The second-order valence-electron chi connectivity index (χ2n) is 2.91. The molecule has 0 unspecified atom stereocenters. The fourth-order valence-corrected chi connectivity index (χ4v) is 1.60. The first kappa shape index (κ1) is 8.53. The van der Waals surface area contributed by atoms with Crippen molar-refractivity contribution in [1.82, 2.24) is 5.32 Å². The molecule has 64 valence electrons. The van der Waals surface area contributed by atoms with Crippen molar-refractivity contribution in [2.45, 2.75) is 25.8 Å². The average Bonchev–Trinajstić information content (AvgIpc) is 2.50. The van der Waals surface area contributed by atoms with Crippen LogP contribution >= 0.6 is 0 Å². The Bertz CT molecular complexity index is 147. The molecule has 1 N–H and O–H groups in total. The largest absolute Gasteiger partial charge is 0.468 e. The molecule has 0 amide bonds. The molecule has 1 rings (SSSR count). The van der Waals surface area contributed by atoms with Gasteiger partial charge in [0.25, 0.3) is 0 Å². The molecule has 1 fully saturated rings. The van der Waals surface area contributed by atoms with Gasteiger partial charge in [-0.2, -0.15) is 0 Å². The molecule has 0 bridgehead atoms.